The maximum Gasteiger partial charge on any atom is 0.0711 e. The second-order valence-electron chi connectivity index (χ2n) is 7.31. The molecular weight excluding hydrogens is 344 g/mol. The molecule has 0 aliphatic carbocycles. The molecule has 0 aromatic rings. The normalized spacial score (nSPS) is 30.4. The fourth-order valence-electron chi connectivity index (χ4n) is 3.33. The molecule has 2 heterocycles. The molecule has 27 heavy (non-hydrogen) atoms. The zero-order valence-corrected chi connectivity index (χ0v) is 16.8. The van der Waals surface area contributed by atoms with Crippen LogP contribution in [0, 0.1) is 0 Å². The molecule has 2 aliphatic heterocycles. The fourth-order valence-corrected chi connectivity index (χ4v) is 3.33. The molecule has 2 atom stereocenters. The molecule has 2 rings (SSSR count). The van der Waals surface area contributed by atoms with Gasteiger partial charge in [0.15, 0.2) is 0 Å². The van der Waals surface area contributed by atoms with Crippen LogP contribution in [0.3, 0.4) is 0 Å². The van der Waals surface area contributed by atoms with Gasteiger partial charge >= 0.3 is 0 Å². The second kappa shape index (κ2) is 14.6. The Labute approximate surface area is 164 Å². The average molecular weight is 387 g/mol. The maximum atomic E-state index is 6.50. The Morgan fingerprint density at radius 2 is 0.852 bits per heavy atom. The van der Waals surface area contributed by atoms with Crippen LogP contribution < -0.4 is 43.4 Å². The van der Waals surface area contributed by atoms with Crippen molar-refractivity contribution in [2.75, 3.05) is 98.3 Å². The number of nitrogens with two attached hydrogens (primary N) is 2. The lowest BCUT2D eigenvalue weighted by Crippen LogP contribution is -2.60. The lowest BCUT2D eigenvalue weighted by Gasteiger charge is -2.37. The summed E-state index contributed by atoms with van der Waals surface area (Å²) in [6, 6.07) is 0. The third kappa shape index (κ3) is 10.1. The van der Waals surface area contributed by atoms with E-state index in [0.29, 0.717) is 0 Å². The van der Waals surface area contributed by atoms with Crippen molar-refractivity contribution >= 4 is 0 Å². The van der Waals surface area contributed by atoms with E-state index < -0.39 is 0 Å². The van der Waals surface area contributed by atoms with Crippen LogP contribution in [0.1, 0.15) is 0 Å². The molecule has 0 aromatic carbocycles. The quantitative estimate of drug-likeness (QED) is 0.236. The smallest absolute Gasteiger partial charge is 0.0711 e. The van der Waals surface area contributed by atoms with Gasteiger partial charge in [-0.2, -0.15) is 0 Å². The first-order valence-electron chi connectivity index (χ1n) is 10.5. The van der Waals surface area contributed by atoms with Crippen LogP contribution in [-0.4, -0.2) is 120 Å². The Bertz CT molecular complexity index is 327. The van der Waals surface area contributed by atoms with Crippen molar-refractivity contribution in [3.8, 4) is 0 Å². The molecule has 10 N–H and O–H groups in total. The molecule has 2 unspecified atom stereocenters. The second-order valence-corrected chi connectivity index (χ2v) is 7.31. The van der Waals surface area contributed by atoms with Gasteiger partial charge in [0, 0.05) is 91.6 Å². The molecule has 0 aromatic heterocycles. The first-order valence-corrected chi connectivity index (χ1v) is 10.5. The summed E-state index contributed by atoms with van der Waals surface area (Å²) >= 11 is 0. The highest BCUT2D eigenvalue weighted by molar-refractivity contribution is 4.76. The Kier molecular flexibility index (Phi) is 12.4. The largest absolute Gasteiger partial charge is 0.315 e. The van der Waals surface area contributed by atoms with Gasteiger partial charge in [-0.25, -0.2) is 0 Å². The first kappa shape index (κ1) is 22.9. The molecule has 0 amide bonds. The molecule has 2 saturated heterocycles. The van der Waals surface area contributed by atoms with E-state index in [-0.39, 0.29) is 12.3 Å². The van der Waals surface area contributed by atoms with E-state index >= 15 is 0 Å². The molecule has 0 saturated carbocycles. The predicted molar refractivity (Wildman–Crippen MR) is 111 cm³/mol. The third-order valence-corrected chi connectivity index (χ3v) is 5.07. The molecular formula is C17H42N10. The van der Waals surface area contributed by atoms with Crippen molar-refractivity contribution in [2.24, 2.45) is 11.5 Å². The highest BCUT2D eigenvalue weighted by Crippen LogP contribution is 2.01. The first-order chi connectivity index (χ1) is 13.3. The van der Waals surface area contributed by atoms with E-state index in [2.05, 4.69) is 41.7 Å². The molecule has 0 bridgehead atoms. The van der Waals surface area contributed by atoms with Gasteiger partial charge in [0.25, 0.3) is 0 Å². The minimum atomic E-state index is -0.0232. The topological polar surface area (TPSA) is 131 Å². The number of rotatable bonds is 2. The van der Waals surface area contributed by atoms with Crippen molar-refractivity contribution in [1.29, 1.82) is 0 Å². The summed E-state index contributed by atoms with van der Waals surface area (Å²) in [5.74, 6) is 0. The minimum Gasteiger partial charge on any atom is -0.315 e. The van der Waals surface area contributed by atoms with Crippen LogP contribution in [0.4, 0.5) is 0 Å². The highest BCUT2D eigenvalue weighted by Gasteiger charge is 2.21. The average Bonchev–Trinajstić information content (AvgIpc) is 2.65. The molecule has 0 spiro atoms. The van der Waals surface area contributed by atoms with Crippen molar-refractivity contribution in [3.63, 3.8) is 0 Å². The Morgan fingerprint density at radius 3 is 1.26 bits per heavy atom. The van der Waals surface area contributed by atoms with Crippen molar-refractivity contribution < 1.29 is 0 Å². The highest BCUT2D eigenvalue weighted by atomic mass is 15.4. The van der Waals surface area contributed by atoms with Crippen LogP contribution in [-0.2, 0) is 0 Å². The van der Waals surface area contributed by atoms with Gasteiger partial charge < -0.3 is 43.4 Å². The predicted octanol–water partition coefficient (Wildman–Crippen LogP) is -4.32. The zero-order valence-electron chi connectivity index (χ0n) is 16.8. The summed E-state index contributed by atoms with van der Waals surface area (Å²) in [6.45, 7) is 13.8. The minimum absolute atomic E-state index is 0.0232. The lowest BCUT2D eigenvalue weighted by atomic mass is 10.3. The van der Waals surface area contributed by atoms with Crippen LogP contribution in [0.5, 0.6) is 0 Å². The van der Waals surface area contributed by atoms with E-state index in [1.165, 1.54) is 0 Å². The summed E-state index contributed by atoms with van der Waals surface area (Å²) in [5, 5.41) is 20.7. The Hall–Kier alpha value is -0.400. The summed E-state index contributed by atoms with van der Waals surface area (Å²) in [6.07, 6.45) is -0.0464. The zero-order chi connectivity index (χ0) is 19.2. The monoisotopic (exact) mass is 386 g/mol. The van der Waals surface area contributed by atoms with Crippen LogP contribution in [0.25, 0.3) is 0 Å². The molecule has 160 valence electrons. The molecule has 0 radical (unpaired) electrons. The van der Waals surface area contributed by atoms with E-state index in [4.69, 9.17) is 11.5 Å². The van der Waals surface area contributed by atoms with E-state index in [0.717, 1.165) is 98.3 Å². The molecule has 2 aliphatic rings. The van der Waals surface area contributed by atoms with E-state index in [1.807, 2.05) is 0 Å². The molecule has 10 heteroatoms. The molecule has 10 nitrogen and oxygen atoms in total. The van der Waals surface area contributed by atoms with Crippen LogP contribution in [0.15, 0.2) is 0 Å². The Balaban J connectivity index is 1.90. The van der Waals surface area contributed by atoms with Gasteiger partial charge in [0.05, 0.1) is 19.0 Å². The van der Waals surface area contributed by atoms with Crippen LogP contribution >= 0.6 is 0 Å². The SMILES string of the molecule is NC1CNCCNCCNCCN1CN1CCNCCNCCNCC1N. The number of nitrogens with zero attached hydrogens (tertiary/aromatic N) is 2. The van der Waals surface area contributed by atoms with Crippen molar-refractivity contribution in [1.82, 2.24) is 41.7 Å². The number of hydrogen-bond donors (Lipinski definition) is 8. The van der Waals surface area contributed by atoms with Crippen LogP contribution in [0.2, 0.25) is 0 Å². The van der Waals surface area contributed by atoms with Gasteiger partial charge in [-0.1, -0.05) is 0 Å². The van der Waals surface area contributed by atoms with Crippen molar-refractivity contribution in [3.05, 3.63) is 0 Å². The van der Waals surface area contributed by atoms with Gasteiger partial charge in [-0.3, -0.25) is 9.80 Å². The summed E-state index contributed by atoms with van der Waals surface area (Å²) in [4.78, 5) is 4.67. The lowest BCUT2D eigenvalue weighted by molar-refractivity contribution is 0.0655. The molecule has 2 fully saturated rings. The van der Waals surface area contributed by atoms with Gasteiger partial charge in [-0.15, -0.1) is 0 Å². The standard InChI is InChI=1S/C17H42N10/c18-16-13-24-7-5-20-1-3-22-9-11-26(16)15-27-12-10-23-4-2-21-6-8-25-14-17(27)19/h16-17,20-25H,1-15,18-19H2. The number of hydrogen-bond acceptors (Lipinski definition) is 10. The summed E-state index contributed by atoms with van der Waals surface area (Å²) < 4.78 is 0. The van der Waals surface area contributed by atoms with Crippen molar-refractivity contribution in [2.45, 2.75) is 12.3 Å². The third-order valence-electron chi connectivity index (χ3n) is 5.07. The fraction of sp³-hybridized carbons (Fsp3) is 1.00. The van der Waals surface area contributed by atoms with E-state index in [1.54, 1.807) is 0 Å². The number of nitrogens with one attached hydrogen (secondary N) is 6. The van der Waals surface area contributed by atoms with Gasteiger partial charge in [0.2, 0.25) is 0 Å². The van der Waals surface area contributed by atoms with Gasteiger partial charge in [-0.05, 0) is 0 Å². The van der Waals surface area contributed by atoms with Gasteiger partial charge in [0.1, 0.15) is 0 Å². The Morgan fingerprint density at radius 1 is 0.519 bits per heavy atom. The van der Waals surface area contributed by atoms with E-state index in [9.17, 15) is 0 Å². The summed E-state index contributed by atoms with van der Waals surface area (Å²) in [7, 11) is 0. The maximum absolute atomic E-state index is 6.50. The summed E-state index contributed by atoms with van der Waals surface area (Å²) in [5.41, 5.74) is 13.0.